The molecule has 0 spiro atoms. The Bertz CT molecular complexity index is 371. The highest BCUT2D eigenvalue weighted by atomic mass is 79.9. The lowest BCUT2D eigenvalue weighted by Crippen LogP contribution is -2.34. The Morgan fingerprint density at radius 2 is 2.06 bits per heavy atom. The van der Waals surface area contributed by atoms with Crippen molar-refractivity contribution in [3.8, 4) is 0 Å². The van der Waals surface area contributed by atoms with Crippen LogP contribution in [0.4, 0.5) is 5.69 Å². The molecule has 18 heavy (non-hydrogen) atoms. The minimum atomic E-state index is -0.303. The van der Waals surface area contributed by atoms with Crippen molar-refractivity contribution < 1.29 is 5.11 Å². The number of halogens is 1. The molecular formula is C14H21BrN2O. The third-order valence-corrected chi connectivity index (χ3v) is 3.71. The lowest BCUT2D eigenvalue weighted by Gasteiger charge is -2.20. The van der Waals surface area contributed by atoms with Crippen molar-refractivity contribution in [2.45, 2.75) is 25.9 Å². The van der Waals surface area contributed by atoms with Crippen molar-refractivity contribution in [1.29, 1.82) is 0 Å². The molecule has 1 unspecified atom stereocenters. The predicted molar refractivity (Wildman–Crippen MR) is 79.0 cm³/mol. The van der Waals surface area contributed by atoms with Crippen molar-refractivity contribution in [3.05, 3.63) is 28.2 Å². The molecule has 1 heterocycles. The third-order valence-electron chi connectivity index (χ3n) is 3.25. The zero-order valence-electron chi connectivity index (χ0n) is 10.8. The van der Waals surface area contributed by atoms with Crippen LogP contribution in [0.25, 0.3) is 0 Å². The van der Waals surface area contributed by atoms with E-state index in [-0.39, 0.29) is 6.10 Å². The molecule has 3 nitrogen and oxygen atoms in total. The first-order chi connectivity index (χ1) is 8.63. The van der Waals surface area contributed by atoms with Gasteiger partial charge in [0, 0.05) is 23.2 Å². The van der Waals surface area contributed by atoms with E-state index in [1.165, 1.54) is 18.4 Å². The van der Waals surface area contributed by atoms with Crippen LogP contribution in [0.1, 0.15) is 18.4 Å². The molecule has 0 amide bonds. The Hall–Kier alpha value is -0.580. The molecule has 2 rings (SSSR count). The van der Waals surface area contributed by atoms with Gasteiger partial charge in [-0.05, 0) is 56.6 Å². The maximum absolute atomic E-state index is 9.99. The van der Waals surface area contributed by atoms with Crippen LogP contribution in [-0.4, -0.2) is 42.3 Å². The summed E-state index contributed by atoms with van der Waals surface area (Å²) in [6.07, 6.45) is 2.23. The van der Waals surface area contributed by atoms with E-state index in [1.54, 1.807) is 0 Å². The molecule has 0 aromatic heterocycles. The van der Waals surface area contributed by atoms with Crippen LogP contribution in [0.5, 0.6) is 0 Å². The first-order valence-electron chi connectivity index (χ1n) is 6.55. The molecule has 1 aliphatic heterocycles. The predicted octanol–water partition coefficient (Wildman–Crippen LogP) is 2.63. The van der Waals surface area contributed by atoms with Crippen LogP contribution < -0.4 is 5.32 Å². The van der Waals surface area contributed by atoms with Gasteiger partial charge in [0.05, 0.1) is 6.10 Å². The van der Waals surface area contributed by atoms with Crippen molar-refractivity contribution in [2.24, 2.45) is 0 Å². The molecule has 0 saturated carbocycles. The van der Waals surface area contributed by atoms with Gasteiger partial charge in [-0.2, -0.15) is 0 Å². The number of benzene rings is 1. The van der Waals surface area contributed by atoms with Crippen LogP contribution in [0.15, 0.2) is 22.7 Å². The van der Waals surface area contributed by atoms with Gasteiger partial charge in [-0.3, -0.25) is 0 Å². The Kier molecular flexibility index (Phi) is 5.03. The number of rotatable bonds is 5. The third kappa shape index (κ3) is 4.26. The number of hydrogen-bond donors (Lipinski definition) is 2. The van der Waals surface area contributed by atoms with Crippen molar-refractivity contribution in [1.82, 2.24) is 4.90 Å². The number of hydrogen-bond acceptors (Lipinski definition) is 3. The summed E-state index contributed by atoms with van der Waals surface area (Å²) < 4.78 is 1.07. The Labute approximate surface area is 117 Å². The smallest absolute Gasteiger partial charge is 0.0839 e. The van der Waals surface area contributed by atoms with Gasteiger partial charge in [-0.25, -0.2) is 0 Å². The first kappa shape index (κ1) is 13.8. The van der Waals surface area contributed by atoms with Crippen LogP contribution in [0.3, 0.4) is 0 Å². The van der Waals surface area contributed by atoms with Gasteiger partial charge in [0.15, 0.2) is 0 Å². The Morgan fingerprint density at radius 1 is 1.33 bits per heavy atom. The average molecular weight is 313 g/mol. The van der Waals surface area contributed by atoms with E-state index in [2.05, 4.69) is 45.2 Å². The van der Waals surface area contributed by atoms with E-state index in [9.17, 15) is 5.11 Å². The molecule has 1 aromatic rings. The van der Waals surface area contributed by atoms with Gasteiger partial charge in [-0.15, -0.1) is 0 Å². The second kappa shape index (κ2) is 6.55. The van der Waals surface area contributed by atoms with E-state index in [1.807, 2.05) is 6.07 Å². The zero-order valence-corrected chi connectivity index (χ0v) is 12.4. The molecule has 0 aliphatic carbocycles. The highest BCUT2D eigenvalue weighted by Gasteiger charge is 2.15. The largest absolute Gasteiger partial charge is 0.390 e. The number of nitrogens with zero attached hydrogens (tertiary/aromatic N) is 1. The maximum atomic E-state index is 9.99. The maximum Gasteiger partial charge on any atom is 0.0839 e. The standard InChI is InChI=1S/C14H21BrN2O/c1-11-6-12(15)8-13(7-11)16-9-14(18)10-17-4-2-3-5-17/h6-8,14,16,18H,2-5,9-10H2,1H3. The molecule has 4 heteroatoms. The molecule has 2 N–H and O–H groups in total. The van der Waals surface area contributed by atoms with Crippen LogP contribution >= 0.6 is 15.9 Å². The van der Waals surface area contributed by atoms with E-state index in [0.29, 0.717) is 6.54 Å². The summed E-state index contributed by atoms with van der Waals surface area (Å²) in [6, 6.07) is 6.20. The normalized spacial score (nSPS) is 17.9. The highest BCUT2D eigenvalue weighted by molar-refractivity contribution is 9.10. The van der Waals surface area contributed by atoms with E-state index >= 15 is 0 Å². The van der Waals surface area contributed by atoms with E-state index in [0.717, 1.165) is 29.8 Å². The lowest BCUT2D eigenvalue weighted by atomic mass is 10.2. The number of nitrogens with one attached hydrogen (secondary N) is 1. The number of anilines is 1. The van der Waals surface area contributed by atoms with Gasteiger partial charge in [-0.1, -0.05) is 15.9 Å². The second-order valence-electron chi connectivity index (χ2n) is 5.06. The topological polar surface area (TPSA) is 35.5 Å². The molecule has 1 aliphatic rings. The number of aliphatic hydroxyl groups is 1. The van der Waals surface area contributed by atoms with E-state index < -0.39 is 0 Å². The molecule has 1 atom stereocenters. The summed E-state index contributed by atoms with van der Waals surface area (Å²) in [7, 11) is 0. The number of β-amino-alcohol motifs (C(OH)–C–C–N with tert-alkyl or cyclic N) is 1. The van der Waals surface area contributed by atoms with E-state index in [4.69, 9.17) is 0 Å². The zero-order chi connectivity index (χ0) is 13.0. The molecule has 0 radical (unpaired) electrons. The summed E-state index contributed by atoms with van der Waals surface area (Å²) in [5.41, 5.74) is 2.27. The van der Waals surface area contributed by atoms with Crippen LogP contribution in [-0.2, 0) is 0 Å². The minimum Gasteiger partial charge on any atom is -0.390 e. The summed E-state index contributed by atoms with van der Waals surface area (Å²) in [4.78, 5) is 2.33. The lowest BCUT2D eigenvalue weighted by molar-refractivity contribution is 0.135. The highest BCUT2D eigenvalue weighted by Crippen LogP contribution is 2.19. The summed E-state index contributed by atoms with van der Waals surface area (Å²) in [5.74, 6) is 0. The fourth-order valence-electron chi connectivity index (χ4n) is 2.40. The number of aryl methyl sites for hydroxylation is 1. The van der Waals surface area contributed by atoms with Gasteiger partial charge in [0.25, 0.3) is 0 Å². The van der Waals surface area contributed by atoms with Gasteiger partial charge in [0.2, 0.25) is 0 Å². The van der Waals surface area contributed by atoms with Crippen molar-refractivity contribution in [2.75, 3.05) is 31.5 Å². The molecule has 0 bridgehead atoms. The molecular weight excluding hydrogens is 292 g/mol. The molecule has 1 saturated heterocycles. The molecule has 1 fully saturated rings. The van der Waals surface area contributed by atoms with Gasteiger partial charge < -0.3 is 15.3 Å². The fourth-order valence-corrected chi connectivity index (χ4v) is 3.01. The number of aliphatic hydroxyl groups excluding tert-OH is 1. The van der Waals surface area contributed by atoms with Crippen molar-refractivity contribution in [3.63, 3.8) is 0 Å². The average Bonchev–Trinajstić information content (AvgIpc) is 2.78. The van der Waals surface area contributed by atoms with Crippen molar-refractivity contribution >= 4 is 21.6 Å². The Balaban J connectivity index is 1.79. The number of likely N-dealkylation sites (tertiary alicyclic amines) is 1. The summed E-state index contributed by atoms with van der Waals surface area (Å²) in [5, 5.41) is 13.3. The first-order valence-corrected chi connectivity index (χ1v) is 7.34. The van der Waals surface area contributed by atoms with Crippen LogP contribution in [0.2, 0.25) is 0 Å². The van der Waals surface area contributed by atoms with Gasteiger partial charge >= 0.3 is 0 Å². The second-order valence-corrected chi connectivity index (χ2v) is 5.98. The Morgan fingerprint density at radius 3 is 2.72 bits per heavy atom. The summed E-state index contributed by atoms with van der Waals surface area (Å²) >= 11 is 3.48. The summed E-state index contributed by atoms with van der Waals surface area (Å²) in [6.45, 7) is 5.71. The SMILES string of the molecule is Cc1cc(Br)cc(NCC(O)CN2CCCC2)c1. The molecule has 100 valence electrons. The quantitative estimate of drug-likeness (QED) is 0.877. The fraction of sp³-hybridized carbons (Fsp3) is 0.571. The monoisotopic (exact) mass is 312 g/mol. The van der Waals surface area contributed by atoms with Gasteiger partial charge in [0.1, 0.15) is 0 Å². The van der Waals surface area contributed by atoms with Crippen LogP contribution in [0, 0.1) is 6.92 Å². The molecule has 1 aromatic carbocycles. The minimum absolute atomic E-state index is 0.303.